The average molecular weight is 290 g/mol. The monoisotopic (exact) mass is 289 g/mol. The quantitative estimate of drug-likeness (QED) is 0.864. The summed E-state index contributed by atoms with van der Waals surface area (Å²) < 4.78 is 3.68. The van der Waals surface area contributed by atoms with E-state index in [1.54, 1.807) is 0 Å². The Morgan fingerprint density at radius 2 is 2.53 bits per heavy atom. The lowest BCUT2D eigenvalue weighted by Gasteiger charge is -2.18. The number of halogens is 1. The number of hydrogen-bond acceptors (Lipinski definition) is 4. The summed E-state index contributed by atoms with van der Waals surface area (Å²) in [5.41, 5.74) is 0. The molecule has 0 bridgehead atoms. The fraction of sp³-hybridized carbons (Fsp3) is 0.667. The first-order valence-electron chi connectivity index (χ1n) is 4.95. The van der Waals surface area contributed by atoms with Crippen molar-refractivity contribution in [2.45, 2.75) is 25.3 Å². The molecule has 1 saturated carbocycles. The van der Waals surface area contributed by atoms with Gasteiger partial charge in [0.2, 0.25) is 0 Å². The van der Waals surface area contributed by atoms with Gasteiger partial charge >= 0.3 is 0 Å². The van der Waals surface area contributed by atoms with Crippen LogP contribution in [-0.2, 0) is 0 Å². The second kappa shape index (κ2) is 5.03. The summed E-state index contributed by atoms with van der Waals surface area (Å²) in [6.07, 6.45) is 4.98. The standard InChI is InChI=1S/C9H12BrN3OS/c10-4-6-2-1-3-7(6)12-9(14)8-5-11-13-15-8/h5-7H,1-4H2,(H,12,14). The molecular weight excluding hydrogens is 278 g/mol. The SMILES string of the molecule is O=C(NC1CCCC1CBr)c1cnns1. The van der Waals surface area contributed by atoms with E-state index in [2.05, 4.69) is 30.8 Å². The molecule has 4 nitrogen and oxygen atoms in total. The topological polar surface area (TPSA) is 54.9 Å². The highest BCUT2D eigenvalue weighted by atomic mass is 79.9. The van der Waals surface area contributed by atoms with E-state index in [-0.39, 0.29) is 5.91 Å². The predicted molar refractivity (Wildman–Crippen MR) is 62.3 cm³/mol. The summed E-state index contributed by atoms with van der Waals surface area (Å²) in [7, 11) is 0. The van der Waals surface area contributed by atoms with Gasteiger partial charge < -0.3 is 5.32 Å². The number of aromatic nitrogens is 2. The van der Waals surface area contributed by atoms with Crippen molar-refractivity contribution < 1.29 is 4.79 Å². The van der Waals surface area contributed by atoms with Crippen LogP contribution in [0.4, 0.5) is 0 Å². The maximum absolute atomic E-state index is 11.7. The molecule has 1 aromatic heterocycles. The maximum atomic E-state index is 11.7. The molecule has 1 aliphatic carbocycles. The zero-order valence-electron chi connectivity index (χ0n) is 8.15. The lowest BCUT2D eigenvalue weighted by Crippen LogP contribution is -2.37. The molecule has 1 aromatic rings. The Hall–Kier alpha value is -0.490. The van der Waals surface area contributed by atoms with Gasteiger partial charge in [-0.1, -0.05) is 26.8 Å². The van der Waals surface area contributed by atoms with E-state index in [0.29, 0.717) is 16.8 Å². The van der Waals surface area contributed by atoms with Crippen LogP contribution >= 0.6 is 27.5 Å². The smallest absolute Gasteiger partial charge is 0.264 e. The highest BCUT2D eigenvalue weighted by molar-refractivity contribution is 9.09. The molecule has 0 saturated heterocycles. The molecule has 6 heteroatoms. The Labute approximate surface area is 101 Å². The normalized spacial score (nSPS) is 25.4. The number of rotatable bonds is 3. The van der Waals surface area contributed by atoms with Crippen molar-refractivity contribution in [3.63, 3.8) is 0 Å². The van der Waals surface area contributed by atoms with Gasteiger partial charge in [-0.2, -0.15) is 0 Å². The van der Waals surface area contributed by atoms with E-state index < -0.39 is 0 Å². The Kier molecular flexibility index (Phi) is 3.69. The van der Waals surface area contributed by atoms with E-state index in [1.165, 1.54) is 19.0 Å². The minimum Gasteiger partial charge on any atom is -0.348 e. The largest absolute Gasteiger partial charge is 0.348 e. The molecule has 2 rings (SSSR count). The van der Waals surface area contributed by atoms with Crippen molar-refractivity contribution in [2.75, 3.05) is 5.33 Å². The molecule has 1 aliphatic rings. The molecule has 82 valence electrons. The summed E-state index contributed by atoms with van der Waals surface area (Å²) >= 11 is 4.62. The van der Waals surface area contributed by atoms with Gasteiger partial charge in [0, 0.05) is 11.4 Å². The third-order valence-electron chi connectivity index (χ3n) is 2.76. The summed E-state index contributed by atoms with van der Waals surface area (Å²) in [4.78, 5) is 12.3. The van der Waals surface area contributed by atoms with Gasteiger partial charge in [0.25, 0.3) is 5.91 Å². The fourth-order valence-electron chi connectivity index (χ4n) is 1.92. The Morgan fingerprint density at radius 1 is 1.67 bits per heavy atom. The summed E-state index contributed by atoms with van der Waals surface area (Å²) in [6, 6.07) is 0.305. The van der Waals surface area contributed by atoms with Crippen molar-refractivity contribution >= 4 is 33.4 Å². The molecule has 0 aliphatic heterocycles. The molecule has 1 heterocycles. The van der Waals surface area contributed by atoms with Crippen LogP contribution in [0.15, 0.2) is 6.20 Å². The number of amides is 1. The second-order valence-corrected chi connectivity index (χ2v) is 5.14. The fourth-order valence-corrected chi connectivity index (χ4v) is 3.11. The molecule has 1 N–H and O–H groups in total. The first kappa shape index (κ1) is 11.0. The number of alkyl halides is 1. The molecule has 2 atom stereocenters. The van der Waals surface area contributed by atoms with Crippen LogP contribution in [0.1, 0.15) is 28.9 Å². The molecular formula is C9H12BrN3OS. The van der Waals surface area contributed by atoms with Crippen LogP contribution in [-0.4, -0.2) is 26.9 Å². The predicted octanol–water partition coefficient (Wildman–Crippen LogP) is 1.83. The van der Waals surface area contributed by atoms with Crippen molar-refractivity contribution in [2.24, 2.45) is 5.92 Å². The third kappa shape index (κ3) is 2.55. The average Bonchev–Trinajstić information content (AvgIpc) is 2.87. The Balaban J connectivity index is 1.94. The molecule has 0 spiro atoms. The maximum Gasteiger partial charge on any atom is 0.264 e. The lowest BCUT2D eigenvalue weighted by molar-refractivity contribution is 0.0934. The number of hydrogen-bond donors (Lipinski definition) is 1. The minimum atomic E-state index is -0.0390. The number of nitrogens with one attached hydrogen (secondary N) is 1. The molecule has 1 fully saturated rings. The molecule has 15 heavy (non-hydrogen) atoms. The summed E-state index contributed by atoms with van der Waals surface area (Å²) in [6.45, 7) is 0. The van der Waals surface area contributed by atoms with Gasteiger partial charge in [-0.25, -0.2) is 0 Å². The van der Waals surface area contributed by atoms with Crippen molar-refractivity contribution in [1.29, 1.82) is 0 Å². The Morgan fingerprint density at radius 3 is 3.20 bits per heavy atom. The highest BCUT2D eigenvalue weighted by Crippen LogP contribution is 2.27. The highest BCUT2D eigenvalue weighted by Gasteiger charge is 2.28. The van der Waals surface area contributed by atoms with E-state index in [0.717, 1.165) is 23.3 Å². The Bertz CT molecular complexity index is 330. The second-order valence-electron chi connectivity index (χ2n) is 3.71. The zero-order chi connectivity index (χ0) is 10.7. The van der Waals surface area contributed by atoms with E-state index in [1.807, 2.05) is 0 Å². The van der Waals surface area contributed by atoms with Gasteiger partial charge in [0.15, 0.2) is 0 Å². The molecule has 0 aromatic carbocycles. The third-order valence-corrected chi connectivity index (χ3v) is 4.25. The van der Waals surface area contributed by atoms with Gasteiger partial charge in [-0.3, -0.25) is 4.79 Å². The van der Waals surface area contributed by atoms with Crippen LogP contribution in [0.3, 0.4) is 0 Å². The van der Waals surface area contributed by atoms with Gasteiger partial charge in [0.1, 0.15) is 4.88 Å². The zero-order valence-corrected chi connectivity index (χ0v) is 10.6. The molecule has 2 unspecified atom stereocenters. The summed E-state index contributed by atoms with van der Waals surface area (Å²) in [5, 5.41) is 7.66. The van der Waals surface area contributed by atoms with Crippen molar-refractivity contribution in [1.82, 2.24) is 14.9 Å². The van der Waals surface area contributed by atoms with Gasteiger partial charge in [-0.15, -0.1) is 5.10 Å². The van der Waals surface area contributed by atoms with Crippen LogP contribution in [0.25, 0.3) is 0 Å². The molecule has 0 radical (unpaired) electrons. The molecule has 1 amide bonds. The first-order chi connectivity index (χ1) is 7.31. The first-order valence-corrected chi connectivity index (χ1v) is 6.85. The lowest BCUT2D eigenvalue weighted by atomic mass is 10.1. The van der Waals surface area contributed by atoms with Crippen molar-refractivity contribution in [3.8, 4) is 0 Å². The minimum absolute atomic E-state index is 0.0390. The number of nitrogens with zero attached hydrogens (tertiary/aromatic N) is 2. The van der Waals surface area contributed by atoms with Crippen LogP contribution in [0.5, 0.6) is 0 Å². The van der Waals surface area contributed by atoms with Gasteiger partial charge in [0.05, 0.1) is 6.20 Å². The van der Waals surface area contributed by atoms with E-state index in [4.69, 9.17) is 0 Å². The van der Waals surface area contributed by atoms with Crippen LogP contribution in [0, 0.1) is 5.92 Å². The summed E-state index contributed by atoms with van der Waals surface area (Å²) in [5.74, 6) is 0.526. The van der Waals surface area contributed by atoms with E-state index >= 15 is 0 Å². The number of carbonyl (C=O) groups excluding carboxylic acids is 1. The van der Waals surface area contributed by atoms with Gasteiger partial charge in [-0.05, 0) is 30.3 Å². The number of carbonyl (C=O) groups is 1. The van der Waals surface area contributed by atoms with E-state index in [9.17, 15) is 4.79 Å². The van der Waals surface area contributed by atoms with Crippen LogP contribution < -0.4 is 5.32 Å². The van der Waals surface area contributed by atoms with Crippen LogP contribution in [0.2, 0.25) is 0 Å². The van der Waals surface area contributed by atoms with Crippen molar-refractivity contribution in [3.05, 3.63) is 11.1 Å².